The molecule has 0 spiro atoms. The standard InChI is InChI=1S/C5H4N4O2/c1-11-5(10)4-3(8-6)2-7-9-4/h2H,1H3/p+1. The normalized spacial score (nSPS) is 8.73. The molecule has 0 aliphatic carbocycles. The monoisotopic (exact) mass is 153 g/mol. The predicted molar refractivity (Wildman–Crippen MR) is 34.7 cm³/mol. The van der Waals surface area contributed by atoms with Crippen molar-refractivity contribution in [2.75, 3.05) is 7.11 Å². The smallest absolute Gasteiger partial charge is 0.436 e. The highest BCUT2D eigenvalue weighted by atomic mass is 16.5. The molecule has 0 atom stereocenters. The molecule has 1 heterocycles. The summed E-state index contributed by atoms with van der Waals surface area (Å²) in [5.41, 5.74) is 0.104. The molecular formula is C5H5N4O2+. The van der Waals surface area contributed by atoms with Crippen molar-refractivity contribution in [2.24, 2.45) is 0 Å². The number of carbonyl (C=O) groups excluding carboxylic acids is 1. The van der Waals surface area contributed by atoms with E-state index in [1.165, 1.54) is 13.3 Å². The van der Waals surface area contributed by atoms with Crippen LogP contribution in [0, 0.1) is 5.39 Å². The summed E-state index contributed by atoms with van der Waals surface area (Å²) < 4.78 is 4.36. The number of H-pyrrole nitrogens is 1. The summed E-state index contributed by atoms with van der Waals surface area (Å²) in [5.74, 6) is -0.615. The van der Waals surface area contributed by atoms with Crippen molar-refractivity contribution in [3.63, 3.8) is 0 Å². The zero-order valence-corrected chi connectivity index (χ0v) is 5.74. The fraction of sp³-hybridized carbons (Fsp3) is 0.200. The Bertz CT molecular complexity index is 311. The molecule has 6 heteroatoms. The van der Waals surface area contributed by atoms with Gasteiger partial charge in [0.05, 0.1) is 7.11 Å². The van der Waals surface area contributed by atoms with Crippen molar-refractivity contribution in [2.45, 2.75) is 0 Å². The van der Waals surface area contributed by atoms with Gasteiger partial charge in [0.2, 0.25) is 11.1 Å². The highest BCUT2D eigenvalue weighted by Gasteiger charge is 2.23. The maximum Gasteiger partial charge on any atom is 0.436 e. The first-order chi connectivity index (χ1) is 5.29. The number of esters is 1. The zero-order valence-electron chi connectivity index (χ0n) is 5.74. The number of diazo groups is 1. The maximum atomic E-state index is 10.8. The molecule has 1 aromatic rings. The van der Waals surface area contributed by atoms with Gasteiger partial charge in [-0.05, 0) is 0 Å². The highest BCUT2D eigenvalue weighted by Crippen LogP contribution is 2.15. The minimum atomic E-state index is -0.615. The fourth-order valence-corrected chi connectivity index (χ4v) is 0.608. The molecule has 0 aliphatic rings. The third kappa shape index (κ3) is 1.16. The third-order valence-corrected chi connectivity index (χ3v) is 1.12. The Balaban J connectivity index is 3.05. The quantitative estimate of drug-likeness (QED) is 0.475. The third-order valence-electron chi connectivity index (χ3n) is 1.12. The molecule has 1 N–H and O–H groups in total. The van der Waals surface area contributed by atoms with Crippen LogP contribution < -0.4 is 0 Å². The molecule has 0 aliphatic heterocycles. The molecule has 0 amide bonds. The number of nitrogens with one attached hydrogen (secondary N) is 1. The fourth-order valence-electron chi connectivity index (χ4n) is 0.608. The summed E-state index contributed by atoms with van der Waals surface area (Å²) in [4.78, 5) is 13.6. The molecule has 0 saturated carbocycles. The van der Waals surface area contributed by atoms with E-state index in [1.54, 1.807) is 0 Å². The molecule has 0 unspecified atom stereocenters. The van der Waals surface area contributed by atoms with E-state index in [-0.39, 0.29) is 11.4 Å². The Labute approximate surface area is 61.8 Å². The Morgan fingerprint density at radius 1 is 1.91 bits per heavy atom. The number of hydrogen-bond donors (Lipinski definition) is 1. The number of hydrogen-bond acceptors (Lipinski definition) is 4. The van der Waals surface area contributed by atoms with E-state index in [0.717, 1.165) is 0 Å². The highest BCUT2D eigenvalue weighted by molar-refractivity contribution is 5.93. The lowest BCUT2D eigenvalue weighted by Crippen LogP contribution is -2.01. The van der Waals surface area contributed by atoms with Crippen molar-refractivity contribution >= 4 is 11.7 Å². The molecule has 0 radical (unpaired) electrons. The van der Waals surface area contributed by atoms with Crippen LogP contribution in [-0.4, -0.2) is 23.3 Å². The topological polar surface area (TPSA) is 83.1 Å². The number of aromatic nitrogens is 2. The molecule has 1 rings (SSSR count). The zero-order chi connectivity index (χ0) is 8.27. The van der Waals surface area contributed by atoms with Crippen molar-refractivity contribution in [3.05, 3.63) is 16.9 Å². The van der Waals surface area contributed by atoms with E-state index >= 15 is 0 Å². The van der Waals surface area contributed by atoms with Gasteiger partial charge in [-0.2, -0.15) is 5.10 Å². The lowest BCUT2D eigenvalue weighted by molar-refractivity contribution is 0.0595. The summed E-state index contributed by atoms with van der Waals surface area (Å²) in [5, 5.41) is 14.1. The van der Waals surface area contributed by atoms with Gasteiger partial charge in [-0.3, -0.25) is 5.10 Å². The number of ether oxygens (including phenoxy) is 1. The van der Waals surface area contributed by atoms with E-state index in [1.807, 2.05) is 0 Å². The number of methoxy groups -OCH3 is 1. The van der Waals surface area contributed by atoms with E-state index in [4.69, 9.17) is 5.39 Å². The van der Waals surface area contributed by atoms with Crippen LogP contribution in [0.15, 0.2) is 6.20 Å². The van der Waals surface area contributed by atoms with Gasteiger partial charge >= 0.3 is 11.7 Å². The molecule has 0 saturated heterocycles. The number of aromatic amines is 1. The van der Waals surface area contributed by atoms with Gasteiger partial charge in [-0.1, -0.05) is 0 Å². The average Bonchev–Trinajstić information content (AvgIpc) is 2.50. The second kappa shape index (κ2) is 2.79. The van der Waals surface area contributed by atoms with Crippen LogP contribution in [0.2, 0.25) is 0 Å². The van der Waals surface area contributed by atoms with E-state index in [0.29, 0.717) is 0 Å². The molecule has 6 nitrogen and oxygen atoms in total. The first-order valence-corrected chi connectivity index (χ1v) is 2.76. The van der Waals surface area contributed by atoms with Gasteiger partial charge in [-0.25, -0.2) is 4.79 Å². The summed E-state index contributed by atoms with van der Waals surface area (Å²) in [6.07, 6.45) is 1.21. The Morgan fingerprint density at radius 2 is 2.64 bits per heavy atom. The van der Waals surface area contributed by atoms with Crippen LogP contribution in [0.25, 0.3) is 4.98 Å². The summed E-state index contributed by atoms with van der Waals surface area (Å²) in [7, 11) is 1.23. The van der Waals surface area contributed by atoms with Crippen molar-refractivity contribution in [1.29, 1.82) is 5.39 Å². The van der Waals surface area contributed by atoms with Crippen molar-refractivity contribution in [3.8, 4) is 0 Å². The molecule has 56 valence electrons. The predicted octanol–water partition coefficient (Wildman–Crippen LogP) is 0.681. The number of carbonyl (C=O) groups is 1. The number of rotatable bonds is 1. The summed E-state index contributed by atoms with van der Waals surface area (Å²) >= 11 is 0. The summed E-state index contributed by atoms with van der Waals surface area (Å²) in [6, 6.07) is 0. The van der Waals surface area contributed by atoms with E-state index in [2.05, 4.69) is 19.9 Å². The van der Waals surface area contributed by atoms with Crippen LogP contribution in [0.1, 0.15) is 10.5 Å². The molecular weight excluding hydrogens is 148 g/mol. The first-order valence-electron chi connectivity index (χ1n) is 2.76. The van der Waals surface area contributed by atoms with Crippen LogP contribution in [0.3, 0.4) is 0 Å². The Kier molecular flexibility index (Phi) is 1.83. The second-order valence-corrected chi connectivity index (χ2v) is 1.72. The van der Waals surface area contributed by atoms with Gasteiger partial charge in [0.1, 0.15) is 6.20 Å². The lowest BCUT2D eigenvalue weighted by Gasteiger charge is -1.88. The van der Waals surface area contributed by atoms with Gasteiger partial charge in [0.25, 0.3) is 0 Å². The van der Waals surface area contributed by atoms with Crippen molar-refractivity contribution in [1.82, 2.24) is 10.2 Å². The first kappa shape index (κ1) is 7.21. The van der Waals surface area contributed by atoms with Gasteiger partial charge in [0.15, 0.2) is 4.98 Å². The van der Waals surface area contributed by atoms with Gasteiger partial charge < -0.3 is 4.74 Å². The van der Waals surface area contributed by atoms with Gasteiger partial charge in [0, 0.05) is 0 Å². The van der Waals surface area contributed by atoms with Crippen LogP contribution in [0.5, 0.6) is 0 Å². The van der Waals surface area contributed by atoms with Gasteiger partial charge in [-0.15, -0.1) is 0 Å². The second-order valence-electron chi connectivity index (χ2n) is 1.72. The van der Waals surface area contributed by atoms with Crippen LogP contribution >= 0.6 is 0 Å². The van der Waals surface area contributed by atoms with Crippen molar-refractivity contribution < 1.29 is 9.53 Å². The van der Waals surface area contributed by atoms with Crippen LogP contribution in [-0.2, 0) is 4.74 Å². The Morgan fingerprint density at radius 3 is 3.18 bits per heavy atom. The largest absolute Gasteiger partial charge is 0.464 e. The minimum absolute atomic E-state index is 0.0370. The van der Waals surface area contributed by atoms with Crippen LogP contribution in [0.4, 0.5) is 5.69 Å². The number of nitrogens with zero attached hydrogens (tertiary/aromatic N) is 3. The minimum Gasteiger partial charge on any atom is -0.464 e. The maximum absolute atomic E-state index is 10.8. The molecule has 0 aromatic carbocycles. The molecule has 11 heavy (non-hydrogen) atoms. The molecule has 0 bridgehead atoms. The lowest BCUT2D eigenvalue weighted by atomic mass is 10.4. The average molecular weight is 153 g/mol. The van der Waals surface area contributed by atoms with E-state index in [9.17, 15) is 4.79 Å². The van der Waals surface area contributed by atoms with E-state index < -0.39 is 5.97 Å². The Hall–Kier alpha value is -1.90. The SMILES string of the molecule is COC(=O)c1[nH]ncc1[N+]#N. The summed E-state index contributed by atoms with van der Waals surface area (Å²) in [6.45, 7) is 0. The molecule has 0 fully saturated rings. The molecule has 1 aromatic heterocycles.